The van der Waals surface area contributed by atoms with Gasteiger partial charge in [-0.25, -0.2) is 0 Å². The molecule has 0 aromatic heterocycles. The topological polar surface area (TPSA) is 9.23 Å². The Morgan fingerprint density at radius 3 is 2.82 bits per heavy atom. The fourth-order valence-electron chi connectivity index (χ4n) is 1.06. The van der Waals surface area contributed by atoms with E-state index in [1.165, 1.54) is 5.56 Å². The van der Waals surface area contributed by atoms with Gasteiger partial charge in [-0.3, -0.25) is 0 Å². The van der Waals surface area contributed by atoms with Crippen molar-refractivity contribution >= 4 is 43.8 Å². The van der Waals surface area contributed by atoms with Crippen LogP contribution in [0.5, 0.6) is 5.75 Å². The Morgan fingerprint density at radius 2 is 2.00 bits per heavy atom. The summed E-state index contributed by atoms with van der Waals surface area (Å²) < 4.78 is 5.34. The minimum absolute atomic E-state index is 0. The fraction of sp³-hybridized carbons (Fsp3) is 0.111. The maximum atomic E-state index is 5.34. The van der Waals surface area contributed by atoms with Gasteiger partial charge in [0.15, 0.2) is 0 Å². The van der Waals surface area contributed by atoms with Gasteiger partial charge >= 0.3 is 37.7 Å². The number of ether oxygens (including phenoxy) is 1. The Labute approximate surface area is 96.1 Å². The third-order valence-electron chi connectivity index (χ3n) is 1.55. The van der Waals surface area contributed by atoms with Crippen molar-refractivity contribution in [2.45, 2.75) is 0 Å². The monoisotopic (exact) mass is 174 g/mol. The average molecular weight is 174 g/mol. The number of hydrogen-bond acceptors (Lipinski definition) is 1. The van der Waals surface area contributed by atoms with Gasteiger partial charge in [-0.1, -0.05) is 24.3 Å². The molecule has 0 fully saturated rings. The molecule has 11 heavy (non-hydrogen) atoms. The second-order valence-corrected chi connectivity index (χ2v) is 2.25. The van der Waals surface area contributed by atoms with Crippen molar-refractivity contribution in [3.63, 3.8) is 0 Å². The van der Waals surface area contributed by atoms with E-state index in [1.54, 1.807) is 0 Å². The quantitative estimate of drug-likeness (QED) is 0.537. The first-order valence-electron chi connectivity index (χ1n) is 3.35. The molecule has 1 aromatic carbocycles. The summed E-state index contributed by atoms with van der Waals surface area (Å²) in [5.41, 5.74) is 1.17. The minimum atomic E-state index is 0. The Balaban J connectivity index is 0.000000605. The van der Waals surface area contributed by atoms with Crippen LogP contribution in [0.3, 0.4) is 0 Å². The van der Waals surface area contributed by atoms with Crippen LogP contribution in [0.1, 0.15) is 5.56 Å². The molecule has 0 spiro atoms. The zero-order valence-electron chi connectivity index (χ0n) is 5.58. The van der Waals surface area contributed by atoms with Gasteiger partial charge in [0, 0.05) is 5.56 Å². The van der Waals surface area contributed by atoms with Crippen LogP contribution in [-0.2, 0) is 0 Å². The van der Waals surface area contributed by atoms with Crippen molar-refractivity contribution in [2.24, 2.45) is 0 Å². The van der Waals surface area contributed by atoms with E-state index in [9.17, 15) is 0 Å². The molecule has 2 heteroatoms. The van der Waals surface area contributed by atoms with Crippen LogP contribution in [-0.4, -0.2) is 44.3 Å². The molecule has 1 aromatic rings. The fourth-order valence-corrected chi connectivity index (χ4v) is 1.06. The first-order valence-corrected chi connectivity index (χ1v) is 3.35. The summed E-state index contributed by atoms with van der Waals surface area (Å²) in [5, 5.41) is 0. The zero-order chi connectivity index (χ0) is 6.81. The van der Waals surface area contributed by atoms with Gasteiger partial charge < -0.3 is 4.74 Å². The van der Waals surface area contributed by atoms with Crippen molar-refractivity contribution in [2.75, 3.05) is 6.61 Å². The van der Waals surface area contributed by atoms with E-state index < -0.39 is 0 Å². The normalized spacial score (nSPS) is 12.7. The number of rotatable bonds is 0. The van der Waals surface area contributed by atoms with Gasteiger partial charge in [-0.05, 0) is 12.1 Å². The van der Waals surface area contributed by atoms with Crippen molar-refractivity contribution < 1.29 is 4.74 Å². The molecule has 0 atom stereocenters. The summed E-state index contributed by atoms with van der Waals surface area (Å²) in [7, 11) is 0. The Hall–Kier alpha value is 0.0197. The molecule has 1 nitrogen and oxygen atoms in total. The second-order valence-electron chi connectivity index (χ2n) is 2.25. The molecule has 1 aliphatic rings. The van der Waals surface area contributed by atoms with Crippen molar-refractivity contribution in [1.29, 1.82) is 0 Å². The zero-order valence-corrected chi connectivity index (χ0v) is 5.58. The molecule has 0 bridgehead atoms. The number of hydrogen-bond donors (Lipinski definition) is 0. The summed E-state index contributed by atoms with van der Waals surface area (Å²) in [6.45, 7) is 0.705. The molecule has 2 rings (SSSR count). The first kappa shape index (κ1) is 9.11. The molecule has 1 aliphatic heterocycles. The van der Waals surface area contributed by atoms with Gasteiger partial charge in [0.05, 0.1) is 0 Å². The van der Waals surface area contributed by atoms with Crippen molar-refractivity contribution in [3.8, 4) is 5.75 Å². The number of para-hydroxylation sites is 1. The Morgan fingerprint density at radius 1 is 1.18 bits per heavy atom. The van der Waals surface area contributed by atoms with E-state index in [2.05, 4.69) is 6.08 Å². The summed E-state index contributed by atoms with van der Waals surface area (Å²) >= 11 is 0. The SMILES string of the molecule is C1=Cc2ccccc2OC1.[CaH2]. The average Bonchev–Trinajstić information content (AvgIpc) is 2.05. The second kappa shape index (κ2) is 4.15. The molecule has 0 amide bonds. The molecule has 54 valence electrons. The summed E-state index contributed by atoms with van der Waals surface area (Å²) in [6.07, 6.45) is 4.10. The van der Waals surface area contributed by atoms with Gasteiger partial charge in [-0.2, -0.15) is 0 Å². The molecule has 0 saturated carbocycles. The van der Waals surface area contributed by atoms with Crippen LogP contribution < -0.4 is 4.74 Å². The molecule has 0 aliphatic carbocycles. The van der Waals surface area contributed by atoms with E-state index in [0.29, 0.717) is 6.61 Å². The van der Waals surface area contributed by atoms with Crippen LogP contribution >= 0.6 is 0 Å². The molecule has 1 heterocycles. The standard InChI is InChI=1S/C9H8O.Ca.2H/c1-2-6-9-8(4-1)5-3-7-10-9;;;/h1-6H,7H2;;;. The molecule has 0 radical (unpaired) electrons. The summed E-state index contributed by atoms with van der Waals surface area (Å²) in [4.78, 5) is 0. The summed E-state index contributed by atoms with van der Waals surface area (Å²) in [6, 6.07) is 8.03. The van der Waals surface area contributed by atoms with Gasteiger partial charge in [0.25, 0.3) is 0 Å². The Bertz CT molecular complexity index is 268. The van der Waals surface area contributed by atoms with E-state index in [0.717, 1.165) is 5.75 Å². The molecular formula is C9H10CaO. The molecule has 0 N–H and O–H groups in total. The van der Waals surface area contributed by atoms with E-state index in [1.807, 2.05) is 30.3 Å². The van der Waals surface area contributed by atoms with Crippen LogP contribution in [0.25, 0.3) is 6.08 Å². The Kier molecular flexibility index (Phi) is 3.43. The predicted molar refractivity (Wildman–Crippen MR) is 49.5 cm³/mol. The summed E-state index contributed by atoms with van der Waals surface area (Å²) in [5.74, 6) is 0.991. The molecule has 0 saturated heterocycles. The van der Waals surface area contributed by atoms with Gasteiger partial charge in [-0.15, -0.1) is 0 Å². The van der Waals surface area contributed by atoms with Crippen LogP contribution in [0.2, 0.25) is 0 Å². The van der Waals surface area contributed by atoms with E-state index >= 15 is 0 Å². The van der Waals surface area contributed by atoms with Crippen LogP contribution in [0.15, 0.2) is 30.3 Å². The first-order chi connectivity index (χ1) is 4.97. The number of fused-ring (bicyclic) bond motifs is 1. The van der Waals surface area contributed by atoms with Gasteiger partial charge in [0.2, 0.25) is 0 Å². The third-order valence-corrected chi connectivity index (χ3v) is 1.55. The van der Waals surface area contributed by atoms with Crippen LogP contribution in [0, 0.1) is 0 Å². The van der Waals surface area contributed by atoms with Gasteiger partial charge in [0.1, 0.15) is 12.4 Å². The van der Waals surface area contributed by atoms with Crippen molar-refractivity contribution in [1.82, 2.24) is 0 Å². The molecule has 0 unspecified atom stereocenters. The predicted octanol–water partition coefficient (Wildman–Crippen LogP) is 1.18. The third kappa shape index (κ3) is 1.98. The maximum absolute atomic E-state index is 5.34. The number of benzene rings is 1. The van der Waals surface area contributed by atoms with Crippen molar-refractivity contribution in [3.05, 3.63) is 35.9 Å². The molecular weight excluding hydrogens is 164 g/mol. The van der Waals surface area contributed by atoms with E-state index in [-0.39, 0.29) is 37.7 Å². The van der Waals surface area contributed by atoms with E-state index in [4.69, 9.17) is 4.74 Å². The van der Waals surface area contributed by atoms with Crippen LogP contribution in [0.4, 0.5) is 0 Å².